The van der Waals surface area contributed by atoms with Crippen molar-refractivity contribution in [2.24, 2.45) is 5.92 Å². The molecule has 29 heavy (non-hydrogen) atoms. The Hall–Kier alpha value is -2.89. The minimum absolute atomic E-state index is 0.0216. The first-order valence-electron chi connectivity index (χ1n) is 10.4. The minimum Gasteiger partial charge on any atom is -0.353 e. The van der Waals surface area contributed by atoms with E-state index in [1.165, 1.54) is 0 Å². The molecule has 1 fully saturated rings. The maximum Gasteiger partial charge on any atom is 0.255 e. The van der Waals surface area contributed by atoms with Crippen LogP contribution in [-0.4, -0.2) is 58.8 Å². The topological polar surface area (TPSA) is 56.8 Å². The summed E-state index contributed by atoms with van der Waals surface area (Å²) in [6, 6.07) is 13.2. The normalized spacial score (nSPS) is 17.6. The molecule has 1 unspecified atom stereocenters. The van der Waals surface area contributed by atoms with Crippen molar-refractivity contribution in [3.63, 3.8) is 0 Å². The van der Waals surface area contributed by atoms with E-state index in [1.54, 1.807) is 11.1 Å². The van der Waals surface area contributed by atoms with Crippen molar-refractivity contribution in [2.75, 3.05) is 31.1 Å². The molecule has 2 aromatic rings. The van der Waals surface area contributed by atoms with E-state index in [0.717, 1.165) is 30.0 Å². The summed E-state index contributed by atoms with van der Waals surface area (Å²) in [6.45, 7) is 7.54. The van der Waals surface area contributed by atoms with Gasteiger partial charge in [-0.15, -0.1) is 0 Å². The highest BCUT2D eigenvalue weighted by Gasteiger charge is 2.38. The summed E-state index contributed by atoms with van der Waals surface area (Å²) in [6.07, 6.45) is 2.47. The Morgan fingerprint density at radius 2 is 1.76 bits per heavy atom. The number of anilines is 1. The van der Waals surface area contributed by atoms with Crippen molar-refractivity contribution in [1.29, 1.82) is 0 Å². The minimum atomic E-state index is -0.406. The highest BCUT2D eigenvalue weighted by molar-refractivity contribution is 6.01. The third-order valence-corrected chi connectivity index (χ3v) is 5.77. The average molecular weight is 393 g/mol. The number of hydrogen-bond acceptors (Lipinski definition) is 4. The van der Waals surface area contributed by atoms with Crippen LogP contribution >= 0.6 is 0 Å². The molecule has 0 bridgehead atoms. The fraction of sp³-hybridized carbons (Fsp3) is 0.435. The van der Waals surface area contributed by atoms with Gasteiger partial charge in [0, 0.05) is 44.5 Å². The molecule has 3 heterocycles. The van der Waals surface area contributed by atoms with Crippen LogP contribution in [0.25, 0.3) is 0 Å². The number of benzene rings is 1. The molecule has 2 amide bonds. The summed E-state index contributed by atoms with van der Waals surface area (Å²) in [4.78, 5) is 36.8. The number of fused-ring (bicyclic) bond motifs is 1. The van der Waals surface area contributed by atoms with Gasteiger partial charge in [-0.25, -0.2) is 4.98 Å². The Balaban J connectivity index is 1.47. The third kappa shape index (κ3) is 3.97. The molecule has 4 rings (SSSR count). The molecular formula is C23H28N4O2. The van der Waals surface area contributed by atoms with E-state index < -0.39 is 6.04 Å². The Morgan fingerprint density at radius 3 is 2.41 bits per heavy atom. The van der Waals surface area contributed by atoms with E-state index in [2.05, 4.69) is 23.7 Å². The second-order valence-electron chi connectivity index (χ2n) is 8.24. The number of carbonyl (C=O) groups excluding carboxylic acids is 2. The van der Waals surface area contributed by atoms with Crippen LogP contribution in [0.15, 0.2) is 48.7 Å². The van der Waals surface area contributed by atoms with Crippen molar-refractivity contribution in [1.82, 2.24) is 14.8 Å². The van der Waals surface area contributed by atoms with Crippen LogP contribution in [0.5, 0.6) is 0 Å². The first-order valence-corrected chi connectivity index (χ1v) is 10.4. The van der Waals surface area contributed by atoms with Crippen LogP contribution in [0.1, 0.15) is 36.2 Å². The van der Waals surface area contributed by atoms with Gasteiger partial charge in [-0.1, -0.05) is 38.1 Å². The van der Waals surface area contributed by atoms with Crippen LogP contribution in [0.3, 0.4) is 0 Å². The molecule has 2 aliphatic rings. The van der Waals surface area contributed by atoms with Gasteiger partial charge < -0.3 is 14.7 Å². The van der Waals surface area contributed by atoms with Gasteiger partial charge in [0.15, 0.2) is 0 Å². The third-order valence-electron chi connectivity index (χ3n) is 5.77. The van der Waals surface area contributed by atoms with E-state index >= 15 is 0 Å². The summed E-state index contributed by atoms with van der Waals surface area (Å²) in [5.74, 6) is 1.33. The van der Waals surface area contributed by atoms with Crippen LogP contribution in [0.4, 0.5) is 5.82 Å². The molecule has 0 radical (unpaired) electrons. The lowest BCUT2D eigenvalue weighted by Crippen LogP contribution is -2.55. The largest absolute Gasteiger partial charge is 0.353 e. The summed E-state index contributed by atoms with van der Waals surface area (Å²) < 4.78 is 0. The van der Waals surface area contributed by atoms with Gasteiger partial charge in [0.25, 0.3) is 5.91 Å². The van der Waals surface area contributed by atoms with Crippen molar-refractivity contribution in [2.45, 2.75) is 32.9 Å². The molecule has 0 saturated carbocycles. The smallest absolute Gasteiger partial charge is 0.255 e. The molecule has 152 valence electrons. The van der Waals surface area contributed by atoms with Crippen LogP contribution < -0.4 is 4.90 Å². The Kier molecular flexibility index (Phi) is 5.51. The summed E-state index contributed by atoms with van der Waals surface area (Å²) in [5, 5.41) is 0. The predicted octanol–water partition coefficient (Wildman–Crippen LogP) is 2.80. The molecule has 1 aromatic carbocycles. The standard InChI is InChI=1S/C23H28N4O2/c1-17(2)15-20(27-16-18-7-3-4-8-19(18)22(27)28)23(29)26-13-11-25(12-14-26)21-9-5-6-10-24-21/h3-10,17,20H,11-16H2,1-2H3. The molecule has 6 nitrogen and oxygen atoms in total. The van der Waals surface area contributed by atoms with E-state index in [0.29, 0.717) is 32.0 Å². The van der Waals surface area contributed by atoms with Crippen LogP contribution in [0, 0.1) is 5.92 Å². The lowest BCUT2D eigenvalue weighted by atomic mass is 10.0. The number of aromatic nitrogens is 1. The molecule has 0 spiro atoms. The number of nitrogens with zero attached hydrogens (tertiary/aromatic N) is 4. The summed E-state index contributed by atoms with van der Waals surface area (Å²) in [7, 11) is 0. The highest BCUT2D eigenvalue weighted by atomic mass is 16.2. The van der Waals surface area contributed by atoms with Crippen LogP contribution in [-0.2, 0) is 11.3 Å². The maximum atomic E-state index is 13.5. The van der Waals surface area contributed by atoms with Gasteiger partial charge in [-0.2, -0.15) is 0 Å². The maximum absolute atomic E-state index is 13.5. The first-order chi connectivity index (χ1) is 14.0. The lowest BCUT2D eigenvalue weighted by molar-refractivity contribution is -0.137. The van der Waals surface area contributed by atoms with Crippen LogP contribution in [0.2, 0.25) is 0 Å². The Morgan fingerprint density at radius 1 is 1.03 bits per heavy atom. The quantitative estimate of drug-likeness (QED) is 0.785. The summed E-state index contributed by atoms with van der Waals surface area (Å²) >= 11 is 0. The monoisotopic (exact) mass is 392 g/mol. The molecule has 1 saturated heterocycles. The molecule has 1 aromatic heterocycles. The first kappa shape index (κ1) is 19.4. The van der Waals surface area contributed by atoms with E-state index in [4.69, 9.17) is 0 Å². The fourth-order valence-electron chi connectivity index (χ4n) is 4.24. The number of hydrogen-bond donors (Lipinski definition) is 0. The van der Waals surface area contributed by atoms with E-state index in [-0.39, 0.29) is 11.8 Å². The van der Waals surface area contributed by atoms with Gasteiger partial charge in [0.1, 0.15) is 11.9 Å². The zero-order valence-electron chi connectivity index (χ0n) is 17.1. The predicted molar refractivity (Wildman–Crippen MR) is 113 cm³/mol. The molecule has 1 atom stereocenters. The Labute approximate surface area is 172 Å². The molecular weight excluding hydrogens is 364 g/mol. The number of rotatable bonds is 5. The highest BCUT2D eigenvalue weighted by Crippen LogP contribution is 2.28. The molecule has 6 heteroatoms. The molecule has 0 aliphatic carbocycles. The molecule has 2 aliphatic heterocycles. The SMILES string of the molecule is CC(C)CC(C(=O)N1CCN(c2ccccn2)CC1)N1Cc2ccccc2C1=O. The zero-order chi connectivity index (χ0) is 20.4. The van der Waals surface area contributed by atoms with Gasteiger partial charge in [0.2, 0.25) is 5.91 Å². The second kappa shape index (κ2) is 8.23. The van der Waals surface area contributed by atoms with Gasteiger partial charge >= 0.3 is 0 Å². The zero-order valence-corrected chi connectivity index (χ0v) is 17.1. The van der Waals surface area contributed by atoms with Crippen molar-refractivity contribution >= 4 is 17.6 Å². The average Bonchev–Trinajstić information content (AvgIpc) is 3.09. The van der Waals surface area contributed by atoms with Gasteiger partial charge in [-0.3, -0.25) is 9.59 Å². The number of pyridine rings is 1. The molecule has 0 N–H and O–H groups in total. The van der Waals surface area contributed by atoms with E-state index in [9.17, 15) is 9.59 Å². The lowest BCUT2D eigenvalue weighted by Gasteiger charge is -2.39. The van der Waals surface area contributed by atoms with Crippen molar-refractivity contribution < 1.29 is 9.59 Å². The number of amides is 2. The Bertz CT molecular complexity index is 875. The fourth-order valence-corrected chi connectivity index (χ4v) is 4.24. The van der Waals surface area contributed by atoms with Gasteiger partial charge in [-0.05, 0) is 36.1 Å². The number of piperazine rings is 1. The summed E-state index contributed by atoms with van der Waals surface area (Å²) in [5.41, 5.74) is 1.74. The number of carbonyl (C=O) groups is 2. The second-order valence-corrected chi connectivity index (χ2v) is 8.24. The van der Waals surface area contributed by atoms with E-state index in [1.807, 2.05) is 47.4 Å². The van der Waals surface area contributed by atoms with Crippen molar-refractivity contribution in [3.8, 4) is 0 Å². The van der Waals surface area contributed by atoms with Crippen molar-refractivity contribution in [3.05, 3.63) is 59.8 Å². The van der Waals surface area contributed by atoms with Gasteiger partial charge in [0.05, 0.1) is 0 Å².